The number of halogens is 4. The van der Waals surface area contributed by atoms with E-state index in [0.717, 1.165) is 18.8 Å². The average molecular weight is 486 g/mol. The highest BCUT2D eigenvalue weighted by molar-refractivity contribution is 7.86. The van der Waals surface area contributed by atoms with Gasteiger partial charge in [0.15, 0.2) is 17.3 Å². The first kappa shape index (κ1) is 20.0. The van der Waals surface area contributed by atoms with Crippen molar-refractivity contribution in [2.75, 3.05) is 6.61 Å². The lowest BCUT2D eigenvalue weighted by Gasteiger charge is -2.15. The van der Waals surface area contributed by atoms with Crippen LogP contribution < -0.4 is 25.9 Å². The molecule has 0 atom stereocenters. The molecule has 0 aliphatic carbocycles. The molecule has 0 aromatic heterocycles. The summed E-state index contributed by atoms with van der Waals surface area (Å²) in [6, 6.07) is 17.5. The molecule has 136 valence electrons. The van der Waals surface area contributed by atoms with Crippen LogP contribution in [-0.2, 0) is 16.5 Å². The van der Waals surface area contributed by atoms with Crippen LogP contribution in [0.2, 0.25) is 0 Å². The van der Waals surface area contributed by atoms with Crippen molar-refractivity contribution in [1.82, 2.24) is 0 Å². The van der Waals surface area contributed by atoms with Gasteiger partial charge in [0.2, 0.25) is 0 Å². The first-order chi connectivity index (χ1) is 11.7. The number of rotatable bonds is 2. The number of fused-ring (bicyclic) bond motifs is 1. The van der Waals surface area contributed by atoms with Crippen LogP contribution in [0, 0.1) is 7.14 Å². The van der Waals surface area contributed by atoms with Gasteiger partial charge in [0.25, 0.3) is 0 Å². The SMILES string of the molecule is O=S(=O)([O-])C(F)(F)F.c1ccc([I+]c2ccc3c(c2)CCCO3)cc1. The molecule has 2 aromatic carbocycles. The monoisotopic (exact) mass is 486 g/mol. The van der Waals surface area contributed by atoms with Crippen molar-refractivity contribution < 1.29 is 52.1 Å². The van der Waals surface area contributed by atoms with Crippen LogP contribution in [0.4, 0.5) is 13.2 Å². The van der Waals surface area contributed by atoms with Crippen molar-refractivity contribution >= 4 is 10.1 Å². The van der Waals surface area contributed by atoms with E-state index < -0.39 is 15.6 Å². The maximum atomic E-state index is 10.7. The van der Waals surface area contributed by atoms with Gasteiger partial charge in [-0.15, -0.1) is 0 Å². The second kappa shape index (κ2) is 8.37. The van der Waals surface area contributed by atoms with Gasteiger partial charge in [0.1, 0.15) is 5.75 Å². The summed E-state index contributed by atoms with van der Waals surface area (Å²) >= 11 is -0.0437. The van der Waals surface area contributed by atoms with E-state index in [1.165, 1.54) is 19.1 Å². The van der Waals surface area contributed by atoms with Crippen LogP contribution in [0.5, 0.6) is 5.75 Å². The summed E-state index contributed by atoms with van der Waals surface area (Å²) in [4.78, 5) is 0. The zero-order valence-corrected chi connectivity index (χ0v) is 15.8. The minimum atomic E-state index is -6.09. The number of benzene rings is 2. The summed E-state index contributed by atoms with van der Waals surface area (Å²) in [5.74, 6) is 1.09. The molecule has 0 fully saturated rings. The fourth-order valence-corrected chi connectivity index (χ4v) is 4.38. The molecule has 1 heterocycles. The topological polar surface area (TPSA) is 66.4 Å². The van der Waals surface area contributed by atoms with Gasteiger partial charge in [-0.1, -0.05) is 18.2 Å². The van der Waals surface area contributed by atoms with Crippen LogP contribution in [0.15, 0.2) is 48.5 Å². The Hall–Kier alpha value is -1.33. The first-order valence-corrected chi connectivity index (χ1v) is 10.7. The molecule has 2 aromatic rings. The minimum absolute atomic E-state index is 0.0437. The number of hydrogen-bond donors (Lipinski definition) is 0. The van der Waals surface area contributed by atoms with Crippen LogP contribution in [0.3, 0.4) is 0 Å². The Labute approximate surface area is 154 Å². The van der Waals surface area contributed by atoms with E-state index in [9.17, 15) is 13.2 Å². The van der Waals surface area contributed by atoms with Crippen molar-refractivity contribution in [2.45, 2.75) is 18.3 Å². The average Bonchev–Trinajstić information content (AvgIpc) is 2.54. The second-order valence-electron chi connectivity index (χ2n) is 4.99. The Bertz CT molecular complexity index is 808. The molecular weight excluding hydrogens is 472 g/mol. The van der Waals surface area contributed by atoms with Gasteiger partial charge >= 0.3 is 26.7 Å². The third-order valence-electron chi connectivity index (χ3n) is 3.11. The van der Waals surface area contributed by atoms with E-state index >= 15 is 0 Å². The highest BCUT2D eigenvalue weighted by atomic mass is 127. The van der Waals surface area contributed by atoms with Gasteiger partial charge in [0, 0.05) is 0 Å². The van der Waals surface area contributed by atoms with Crippen molar-refractivity contribution in [1.29, 1.82) is 0 Å². The Morgan fingerprint density at radius 3 is 2.28 bits per heavy atom. The fourth-order valence-electron chi connectivity index (χ4n) is 1.99. The van der Waals surface area contributed by atoms with Crippen molar-refractivity contribution in [3.63, 3.8) is 0 Å². The molecule has 3 rings (SSSR count). The van der Waals surface area contributed by atoms with Crippen LogP contribution in [-0.4, -0.2) is 25.1 Å². The standard InChI is InChI=1S/C15H14IO.CHF3O3S/c1-2-6-13(7-3-1)16-14-8-9-15-12(11-14)5-4-10-17-15;2-1(3,4)8(5,6)7/h1-3,6-9,11H,4-5,10H2;(H,5,6,7)/q+1;/p-1. The molecule has 0 saturated carbocycles. The predicted molar refractivity (Wildman–Crippen MR) is 79.8 cm³/mol. The first-order valence-electron chi connectivity index (χ1n) is 7.14. The van der Waals surface area contributed by atoms with Gasteiger partial charge in [-0.2, -0.15) is 13.2 Å². The zero-order chi connectivity index (χ0) is 18.5. The number of alkyl halides is 3. The Morgan fingerprint density at radius 2 is 1.68 bits per heavy atom. The number of hydrogen-bond acceptors (Lipinski definition) is 4. The molecule has 0 amide bonds. The fraction of sp³-hybridized carbons (Fsp3) is 0.250. The lowest BCUT2D eigenvalue weighted by Crippen LogP contribution is -3.61. The molecule has 1 aliphatic rings. The third kappa shape index (κ3) is 6.15. The van der Waals surface area contributed by atoms with Gasteiger partial charge in [-0.3, -0.25) is 0 Å². The minimum Gasteiger partial charge on any atom is -0.741 e. The normalized spacial score (nSPS) is 13.9. The van der Waals surface area contributed by atoms with Crippen LogP contribution >= 0.6 is 0 Å². The maximum absolute atomic E-state index is 10.7. The quantitative estimate of drug-likeness (QED) is 0.346. The lowest BCUT2D eigenvalue weighted by molar-refractivity contribution is -0.597. The zero-order valence-electron chi connectivity index (χ0n) is 12.8. The molecule has 0 saturated heterocycles. The van der Waals surface area contributed by atoms with Gasteiger partial charge < -0.3 is 9.29 Å². The molecule has 4 nitrogen and oxygen atoms in total. The Balaban J connectivity index is 0.000000242. The molecular formula is C16H14F3IO4S. The highest BCUT2D eigenvalue weighted by Gasteiger charge is 2.36. The summed E-state index contributed by atoms with van der Waals surface area (Å²) in [6.07, 6.45) is 2.32. The predicted octanol–water partition coefficient (Wildman–Crippen LogP) is 0.191. The summed E-state index contributed by atoms with van der Waals surface area (Å²) in [7, 11) is -6.09. The Morgan fingerprint density at radius 1 is 1.04 bits per heavy atom. The van der Waals surface area contributed by atoms with E-state index in [1.807, 2.05) is 0 Å². The van der Waals surface area contributed by atoms with Gasteiger partial charge in [-0.25, -0.2) is 8.42 Å². The second-order valence-corrected chi connectivity index (χ2v) is 9.40. The highest BCUT2D eigenvalue weighted by Crippen LogP contribution is 2.23. The molecule has 0 N–H and O–H groups in total. The van der Waals surface area contributed by atoms with Gasteiger partial charge in [0.05, 0.1) is 6.61 Å². The molecule has 0 radical (unpaired) electrons. The molecule has 9 heteroatoms. The lowest BCUT2D eigenvalue weighted by atomic mass is 10.1. The summed E-state index contributed by atoms with van der Waals surface area (Å²) < 4.78 is 67.5. The van der Waals surface area contributed by atoms with E-state index in [4.69, 9.17) is 17.7 Å². The smallest absolute Gasteiger partial charge is 0.485 e. The molecule has 25 heavy (non-hydrogen) atoms. The molecule has 0 unspecified atom stereocenters. The van der Waals surface area contributed by atoms with Crippen molar-refractivity contribution in [3.05, 3.63) is 61.2 Å². The van der Waals surface area contributed by atoms with Gasteiger partial charge in [-0.05, 0) is 48.7 Å². The van der Waals surface area contributed by atoms with E-state index in [2.05, 4.69) is 48.5 Å². The number of aryl methyl sites for hydroxylation is 1. The molecule has 1 aliphatic heterocycles. The van der Waals surface area contributed by atoms with E-state index in [0.29, 0.717) is 0 Å². The molecule has 0 spiro atoms. The summed E-state index contributed by atoms with van der Waals surface area (Å²) in [5, 5.41) is 0. The molecule has 0 bridgehead atoms. The van der Waals surface area contributed by atoms with E-state index in [-0.39, 0.29) is 21.2 Å². The van der Waals surface area contributed by atoms with Crippen LogP contribution in [0.25, 0.3) is 0 Å². The third-order valence-corrected chi connectivity index (χ3v) is 6.31. The summed E-state index contributed by atoms with van der Waals surface area (Å²) in [5.41, 5.74) is -4.25. The van der Waals surface area contributed by atoms with Crippen LogP contribution in [0.1, 0.15) is 12.0 Å². The van der Waals surface area contributed by atoms with Crippen molar-refractivity contribution in [2.24, 2.45) is 0 Å². The van der Waals surface area contributed by atoms with E-state index in [1.54, 1.807) is 0 Å². The van der Waals surface area contributed by atoms with Crippen molar-refractivity contribution in [3.8, 4) is 5.75 Å². The number of ether oxygens (including phenoxy) is 1. The summed E-state index contributed by atoms with van der Waals surface area (Å²) in [6.45, 7) is 0.875. The Kier molecular flexibility index (Phi) is 6.69. The largest absolute Gasteiger partial charge is 0.741 e. The maximum Gasteiger partial charge on any atom is 0.485 e.